The zero-order valence-electron chi connectivity index (χ0n) is 16.0. The average Bonchev–Trinajstić information content (AvgIpc) is 2.57. The fourth-order valence-electron chi connectivity index (χ4n) is 2.88. The van der Waals surface area contributed by atoms with Gasteiger partial charge in [0.1, 0.15) is 5.75 Å². The molecule has 2 rings (SSSR count). The van der Waals surface area contributed by atoms with Crippen LogP contribution in [0.5, 0.6) is 11.6 Å². The fraction of sp³-hybridized carbons (Fsp3) is 0.381. The SMILES string of the molecule is CCC(C(=O)Nc1ccc(Oc2ccc(C#N)cc2C)nc1)C(C)(C)C. The summed E-state index contributed by atoms with van der Waals surface area (Å²) in [6.45, 7) is 10.1. The number of carbonyl (C=O) groups excluding carboxylic acids is 1. The number of amides is 1. The lowest BCUT2D eigenvalue weighted by Gasteiger charge is -2.28. The largest absolute Gasteiger partial charge is 0.439 e. The van der Waals surface area contributed by atoms with Crippen LogP contribution in [0.15, 0.2) is 36.5 Å². The van der Waals surface area contributed by atoms with Crippen LogP contribution in [0, 0.1) is 29.6 Å². The molecule has 0 bridgehead atoms. The maximum Gasteiger partial charge on any atom is 0.228 e. The molecule has 1 atom stereocenters. The highest BCUT2D eigenvalue weighted by molar-refractivity contribution is 5.92. The first kappa shape index (κ1) is 19.5. The van der Waals surface area contributed by atoms with Crippen molar-refractivity contribution in [1.29, 1.82) is 5.26 Å². The van der Waals surface area contributed by atoms with E-state index in [9.17, 15) is 4.79 Å². The van der Waals surface area contributed by atoms with Crippen molar-refractivity contribution in [3.8, 4) is 17.7 Å². The first-order chi connectivity index (χ1) is 12.2. The van der Waals surface area contributed by atoms with Gasteiger partial charge in [-0.25, -0.2) is 4.98 Å². The van der Waals surface area contributed by atoms with Gasteiger partial charge in [0, 0.05) is 12.0 Å². The Bertz CT molecular complexity index is 815. The maximum absolute atomic E-state index is 12.5. The third-order valence-corrected chi connectivity index (χ3v) is 4.29. The standard InChI is InChI=1S/C21H25N3O2/c1-6-17(21(3,4)5)20(25)24-16-8-10-19(23-13-16)26-18-9-7-15(12-22)11-14(18)2/h7-11,13,17H,6H2,1-5H3,(H,24,25). The minimum absolute atomic E-state index is 0.00148. The van der Waals surface area contributed by atoms with Crippen molar-refractivity contribution in [3.63, 3.8) is 0 Å². The molecule has 0 spiro atoms. The van der Waals surface area contributed by atoms with E-state index in [0.29, 0.717) is 22.9 Å². The second-order valence-corrected chi connectivity index (χ2v) is 7.40. The van der Waals surface area contributed by atoms with Crippen LogP contribution in [0.25, 0.3) is 0 Å². The molecule has 5 heteroatoms. The van der Waals surface area contributed by atoms with Crippen LogP contribution in [-0.4, -0.2) is 10.9 Å². The molecular formula is C21H25N3O2. The van der Waals surface area contributed by atoms with Crippen molar-refractivity contribution in [2.45, 2.75) is 41.0 Å². The van der Waals surface area contributed by atoms with Crippen LogP contribution in [0.2, 0.25) is 0 Å². The molecule has 1 aromatic carbocycles. The molecule has 26 heavy (non-hydrogen) atoms. The number of benzene rings is 1. The summed E-state index contributed by atoms with van der Waals surface area (Å²) in [7, 11) is 0. The predicted octanol–water partition coefficient (Wildman–Crippen LogP) is 5.06. The number of pyridine rings is 1. The first-order valence-electron chi connectivity index (χ1n) is 8.70. The lowest BCUT2D eigenvalue weighted by Crippen LogP contribution is -2.32. The van der Waals surface area contributed by atoms with Crippen molar-refractivity contribution in [1.82, 2.24) is 4.98 Å². The van der Waals surface area contributed by atoms with Gasteiger partial charge in [-0.05, 0) is 48.6 Å². The molecule has 0 saturated heterocycles. The van der Waals surface area contributed by atoms with Crippen LogP contribution in [0.3, 0.4) is 0 Å². The number of ether oxygens (including phenoxy) is 1. The minimum atomic E-state index is -0.0948. The Morgan fingerprint density at radius 2 is 2.04 bits per heavy atom. The van der Waals surface area contributed by atoms with Crippen LogP contribution in [0.4, 0.5) is 5.69 Å². The molecular weight excluding hydrogens is 326 g/mol. The van der Waals surface area contributed by atoms with Gasteiger partial charge in [-0.1, -0.05) is 27.7 Å². The van der Waals surface area contributed by atoms with E-state index in [1.165, 1.54) is 0 Å². The summed E-state index contributed by atoms with van der Waals surface area (Å²) in [5.74, 6) is 1.00. The van der Waals surface area contributed by atoms with Gasteiger partial charge >= 0.3 is 0 Å². The summed E-state index contributed by atoms with van der Waals surface area (Å²) in [5, 5.41) is 11.8. The van der Waals surface area contributed by atoms with Crippen LogP contribution < -0.4 is 10.1 Å². The summed E-state index contributed by atoms with van der Waals surface area (Å²) in [5.41, 5.74) is 1.99. The van der Waals surface area contributed by atoms with Gasteiger partial charge in [0.15, 0.2) is 0 Å². The number of hydrogen-bond acceptors (Lipinski definition) is 4. The molecule has 5 nitrogen and oxygen atoms in total. The normalized spacial score (nSPS) is 12.2. The quantitative estimate of drug-likeness (QED) is 0.816. The van der Waals surface area contributed by atoms with Gasteiger partial charge in [0.25, 0.3) is 0 Å². The van der Waals surface area contributed by atoms with Gasteiger partial charge in [-0.15, -0.1) is 0 Å². The van der Waals surface area contributed by atoms with Crippen LogP contribution in [0.1, 0.15) is 45.2 Å². The molecule has 2 aromatic rings. The van der Waals surface area contributed by atoms with Gasteiger partial charge in [-0.3, -0.25) is 4.79 Å². The molecule has 1 aromatic heterocycles. The van der Waals surface area contributed by atoms with E-state index < -0.39 is 0 Å². The minimum Gasteiger partial charge on any atom is -0.439 e. The van der Waals surface area contributed by atoms with Gasteiger partial charge in [0.05, 0.1) is 23.5 Å². The Morgan fingerprint density at radius 3 is 2.54 bits per heavy atom. The van der Waals surface area contributed by atoms with Crippen LogP contribution in [-0.2, 0) is 4.79 Å². The average molecular weight is 351 g/mol. The number of anilines is 1. The Hall–Kier alpha value is -2.87. The van der Waals surface area contributed by atoms with Crippen LogP contribution >= 0.6 is 0 Å². The Balaban J connectivity index is 2.07. The number of carbonyl (C=O) groups is 1. The van der Waals surface area contributed by atoms with E-state index in [4.69, 9.17) is 10.00 Å². The lowest BCUT2D eigenvalue weighted by molar-refractivity contribution is -0.123. The summed E-state index contributed by atoms with van der Waals surface area (Å²) in [4.78, 5) is 16.7. The van der Waals surface area contributed by atoms with Crippen molar-refractivity contribution >= 4 is 11.6 Å². The number of aryl methyl sites for hydroxylation is 1. The maximum atomic E-state index is 12.5. The molecule has 1 unspecified atom stereocenters. The Kier molecular flexibility index (Phi) is 5.99. The van der Waals surface area contributed by atoms with Gasteiger partial charge in [0.2, 0.25) is 11.8 Å². The highest BCUT2D eigenvalue weighted by Gasteiger charge is 2.29. The van der Waals surface area contributed by atoms with Crippen molar-refractivity contribution in [2.75, 3.05) is 5.32 Å². The molecule has 0 aliphatic heterocycles. The van der Waals surface area contributed by atoms with Crippen molar-refractivity contribution in [3.05, 3.63) is 47.7 Å². The zero-order chi connectivity index (χ0) is 19.3. The first-order valence-corrected chi connectivity index (χ1v) is 8.70. The number of nitrogens with zero attached hydrogens (tertiary/aromatic N) is 2. The number of hydrogen-bond donors (Lipinski definition) is 1. The second kappa shape index (κ2) is 8.01. The van der Waals surface area contributed by atoms with E-state index in [2.05, 4.69) is 37.1 Å². The van der Waals surface area contributed by atoms with E-state index in [1.807, 2.05) is 13.8 Å². The summed E-state index contributed by atoms with van der Waals surface area (Å²) in [6.07, 6.45) is 2.36. The molecule has 0 radical (unpaired) electrons. The summed E-state index contributed by atoms with van der Waals surface area (Å²) >= 11 is 0. The molecule has 0 fully saturated rings. The highest BCUT2D eigenvalue weighted by atomic mass is 16.5. The topological polar surface area (TPSA) is 75.0 Å². The fourth-order valence-corrected chi connectivity index (χ4v) is 2.88. The number of nitrogens with one attached hydrogen (secondary N) is 1. The van der Waals surface area contributed by atoms with Gasteiger partial charge in [-0.2, -0.15) is 5.26 Å². The zero-order valence-corrected chi connectivity index (χ0v) is 16.0. The number of rotatable bonds is 5. The third-order valence-electron chi connectivity index (χ3n) is 4.29. The molecule has 136 valence electrons. The molecule has 1 N–H and O–H groups in total. The van der Waals surface area contributed by atoms with E-state index in [0.717, 1.165) is 12.0 Å². The predicted molar refractivity (Wildman–Crippen MR) is 102 cm³/mol. The summed E-state index contributed by atoms with van der Waals surface area (Å²) < 4.78 is 5.76. The monoisotopic (exact) mass is 351 g/mol. The molecule has 0 aliphatic rings. The number of nitriles is 1. The molecule has 1 heterocycles. The van der Waals surface area contributed by atoms with Gasteiger partial charge < -0.3 is 10.1 Å². The third kappa shape index (κ3) is 4.82. The Labute approximate surface area is 155 Å². The Morgan fingerprint density at radius 1 is 1.31 bits per heavy atom. The lowest BCUT2D eigenvalue weighted by atomic mass is 9.78. The van der Waals surface area contributed by atoms with Crippen molar-refractivity contribution < 1.29 is 9.53 Å². The smallest absolute Gasteiger partial charge is 0.228 e. The van der Waals surface area contributed by atoms with E-state index >= 15 is 0 Å². The molecule has 0 aliphatic carbocycles. The number of aromatic nitrogens is 1. The van der Waals surface area contributed by atoms with Crippen molar-refractivity contribution in [2.24, 2.45) is 11.3 Å². The second-order valence-electron chi connectivity index (χ2n) is 7.40. The summed E-state index contributed by atoms with van der Waals surface area (Å²) in [6, 6.07) is 10.8. The molecule has 0 saturated carbocycles. The highest BCUT2D eigenvalue weighted by Crippen LogP contribution is 2.30. The molecule has 1 amide bonds. The van der Waals surface area contributed by atoms with E-state index in [1.54, 1.807) is 36.5 Å². The van der Waals surface area contributed by atoms with E-state index in [-0.39, 0.29) is 17.2 Å².